The summed E-state index contributed by atoms with van der Waals surface area (Å²) in [6.07, 6.45) is 0. The first-order valence-corrected chi connectivity index (χ1v) is 6.94. The zero-order chi connectivity index (χ0) is 12.2. The van der Waals surface area contributed by atoms with Crippen molar-refractivity contribution < 1.29 is 52.3 Å². The van der Waals surface area contributed by atoms with Gasteiger partial charge in [0.15, 0.2) is 0 Å². The Morgan fingerprint density at radius 1 is 0.500 bits per heavy atom. The average Bonchev–Trinajstić information content (AvgIpc) is 1.42. The van der Waals surface area contributed by atoms with Crippen LogP contribution in [0.25, 0.3) is 0 Å². The first-order valence-electron chi connectivity index (χ1n) is 2.31. The summed E-state index contributed by atoms with van der Waals surface area (Å²) in [6.45, 7) is 0. The molecule has 0 aliphatic heterocycles. The molecule has 0 aliphatic rings. The van der Waals surface area contributed by atoms with Crippen molar-refractivity contribution in [3.05, 3.63) is 0 Å². The molecule has 0 bridgehead atoms. The van der Waals surface area contributed by atoms with Crippen LogP contribution in [-0.2, 0) is 18.0 Å². The van der Waals surface area contributed by atoms with E-state index in [1.807, 2.05) is 0 Å². The Morgan fingerprint density at radius 3 is 0.600 bits per heavy atom. The van der Waals surface area contributed by atoms with Gasteiger partial charge in [-0.25, -0.2) is 13.7 Å². The fraction of sp³-hybridized carbons (Fsp3) is 0. The molecule has 0 aromatic carbocycles. The Morgan fingerprint density at radius 2 is 0.600 bits per heavy atom. The van der Waals surface area contributed by atoms with Crippen molar-refractivity contribution in [3.63, 3.8) is 0 Å². The Kier molecular flexibility index (Phi) is 58.9. The summed E-state index contributed by atoms with van der Waals surface area (Å²) >= 11 is 0. The molecule has 0 atom stereocenters. The second kappa shape index (κ2) is 23.4. The predicted molar refractivity (Wildman–Crippen MR) is 82.3 cm³/mol. The SMILES string of the molecule is O=P(O)(O)O.O=P(O)(O)OP(=O)(O)O.[NaH].[NaH].[NaH].[NaH].[NaH].[NaH]. The second-order valence-electron chi connectivity index (χ2n) is 1.58. The van der Waals surface area contributed by atoms with Crippen molar-refractivity contribution in [3.8, 4) is 0 Å². The van der Waals surface area contributed by atoms with E-state index in [4.69, 9.17) is 38.8 Å². The third-order valence-electron chi connectivity index (χ3n) is 0.213. The van der Waals surface area contributed by atoms with Gasteiger partial charge in [-0.05, 0) is 0 Å². The fourth-order valence-corrected chi connectivity index (χ4v) is 1.25. The quantitative estimate of drug-likeness (QED) is 0.166. The number of hydrogen-bond acceptors (Lipinski definition) is 4. The first-order chi connectivity index (χ1) is 5.71. The van der Waals surface area contributed by atoms with Crippen LogP contribution < -0.4 is 0 Å². The zero-order valence-electron chi connectivity index (χ0n) is 6.11. The molecule has 0 saturated carbocycles. The van der Waals surface area contributed by atoms with Crippen LogP contribution >= 0.6 is 23.5 Å². The standard InChI is InChI=1S/6Na.H4O7P2.H3O4P.6H/c;;;;;;1-8(2,3)7-9(4,5)6;1-5(2,3)4;;;;;;/h;;;;;;(H2,1,2,3)(H2,4,5,6);(H3,1,2,3,4);;;;;;. The molecular formula is H13Na6O11P3. The van der Waals surface area contributed by atoms with E-state index in [9.17, 15) is 9.13 Å². The molecule has 0 aromatic rings. The summed E-state index contributed by atoms with van der Waals surface area (Å²) in [6, 6.07) is 0. The maximum atomic E-state index is 9.63. The van der Waals surface area contributed by atoms with E-state index in [1.165, 1.54) is 0 Å². The first kappa shape index (κ1) is 50.3. The molecule has 0 radical (unpaired) electrons. The summed E-state index contributed by atoms with van der Waals surface area (Å²) < 4.78 is 31.1. The van der Waals surface area contributed by atoms with Gasteiger partial charge in [0, 0.05) is 0 Å². The van der Waals surface area contributed by atoms with Crippen LogP contribution in [0.15, 0.2) is 0 Å². The van der Waals surface area contributed by atoms with Gasteiger partial charge in [0.2, 0.25) is 0 Å². The molecular weight excluding hydrogens is 407 g/mol. The molecule has 0 saturated heterocycles. The van der Waals surface area contributed by atoms with Gasteiger partial charge < -0.3 is 34.3 Å². The predicted octanol–water partition coefficient (Wildman–Crippen LogP) is -5.63. The molecule has 20 heavy (non-hydrogen) atoms. The summed E-state index contributed by atoms with van der Waals surface area (Å²) in [7, 11) is -14.7. The molecule has 0 unspecified atom stereocenters. The van der Waals surface area contributed by atoms with E-state index in [2.05, 4.69) is 4.31 Å². The molecule has 0 aliphatic carbocycles. The van der Waals surface area contributed by atoms with Gasteiger partial charge in [0.25, 0.3) is 0 Å². The van der Waals surface area contributed by atoms with E-state index in [1.54, 1.807) is 0 Å². The van der Waals surface area contributed by atoms with Crippen LogP contribution in [0.1, 0.15) is 0 Å². The third-order valence-corrected chi connectivity index (χ3v) is 1.91. The van der Waals surface area contributed by atoms with Crippen molar-refractivity contribution in [1.82, 2.24) is 0 Å². The van der Waals surface area contributed by atoms with Crippen molar-refractivity contribution in [2.45, 2.75) is 0 Å². The Hall–Kier alpha value is 6.37. The molecule has 0 fully saturated rings. The van der Waals surface area contributed by atoms with Gasteiger partial charge in [-0.1, -0.05) is 0 Å². The molecule has 0 spiro atoms. The van der Waals surface area contributed by atoms with Gasteiger partial charge in [-0.3, -0.25) is 0 Å². The summed E-state index contributed by atoms with van der Waals surface area (Å²) in [4.78, 5) is 52.6. The fourth-order valence-electron chi connectivity index (χ4n) is 0.139. The number of hydrogen-bond donors (Lipinski definition) is 7. The van der Waals surface area contributed by atoms with Gasteiger partial charge in [0.1, 0.15) is 0 Å². The average molecular weight is 420 g/mol. The van der Waals surface area contributed by atoms with Crippen molar-refractivity contribution in [2.24, 2.45) is 0 Å². The molecule has 11 nitrogen and oxygen atoms in total. The normalized spacial score (nSPS) is 9.15. The van der Waals surface area contributed by atoms with E-state index in [0.29, 0.717) is 0 Å². The van der Waals surface area contributed by atoms with Gasteiger partial charge in [0.05, 0.1) is 0 Å². The maximum absolute atomic E-state index is 9.63. The third kappa shape index (κ3) is 87.0. The number of phosphoric acid groups is 3. The monoisotopic (exact) mass is 420 g/mol. The molecule has 7 N–H and O–H groups in total. The zero-order valence-corrected chi connectivity index (χ0v) is 8.79. The Bertz CT molecular complexity index is 271. The van der Waals surface area contributed by atoms with E-state index >= 15 is 0 Å². The van der Waals surface area contributed by atoms with E-state index in [0.717, 1.165) is 0 Å². The summed E-state index contributed by atoms with van der Waals surface area (Å²) in [5.41, 5.74) is 0. The topological polar surface area (TPSA) is 202 Å². The van der Waals surface area contributed by atoms with Crippen molar-refractivity contribution in [2.75, 3.05) is 0 Å². The van der Waals surface area contributed by atoms with Crippen LogP contribution in [-0.4, -0.2) is 212 Å². The minimum atomic E-state index is -5.05. The Labute approximate surface area is 247 Å². The molecule has 100 valence electrons. The Balaban J connectivity index is -0.0000000199. The second-order valence-corrected chi connectivity index (χ2v) is 5.22. The number of rotatable bonds is 2. The molecule has 0 aromatic heterocycles. The van der Waals surface area contributed by atoms with E-state index in [-0.39, 0.29) is 177 Å². The van der Waals surface area contributed by atoms with Gasteiger partial charge in [-0.15, -0.1) is 0 Å². The minimum absolute atomic E-state index is 0. The van der Waals surface area contributed by atoms with Crippen molar-refractivity contribution in [1.29, 1.82) is 0 Å². The molecule has 0 heterocycles. The molecule has 0 amide bonds. The summed E-state index contributed by atoms with van der Waals surface area (Å²) in [5.74, 6) is 0. The van der Waals surface area contributed by atoms with Crippen LogP contribution in [0.4, 0.5) is 0 Å². The van der Waals surface area contributed by atoms with E-state index < -0.39 is 23.5 Å². The molecule has 20 heteroatoms. The van der Waals surface area contributed by atoms with Gasteiger partial charge >= 0.3 is 201 Å². The van der Waals surface area contributed by atoms with Crippen molar-refractivity contribution >= 4 is 201 Å². The van der Waals surface area contributed by atoms with Gasteiger partial charge in [-0.2, -0.15) is 4.31 Å². The summed E-state index contributed by atoms with van der Waals surface area (Å²) in [5, 5.41) is 0. The van der Waals surface area contributed by atoms with Crippen LogP contribution in [0, 0.1) is 0 Å². The molecule has 0 rings (SSSR count). The van der Waals surface area contributed by atoms with Crippen LogP contribution in [0.2, 0.25) is 0 Å². The van der Waals surface area contributed by atoms with Crippen LogP contribution in [0.5, 0.6) is 0 Å². The van der Waals surface area contributed by atoms with Crippen LogP contribution in [0.3, 0.4) is 0 Å².